The average Bonchev–Trinajstić information content (AvgIpc) is 2.31. The predicted octanol–water partition coefficient (Wildman–Crippen LogP) is 0.829. The number of likely N-dealkylation sites (N-methyl/N-ethyl adjacent to an activating group) is 1. The molecule has 62 valence electrons. The number of nitrogens with zero attached hydrogens (tertiary/aromatic N) is 2. The Balaban J connectivity index is 2.39. The minimum atomic E-state index is 0.804. The van der Waals surface area contributed by atoms with Crippen molar-refractivity contribution in [2.45, 2.75) is 6.42 Å². The smallest absolute Gasteiger partial charge is 0.107 e. The highest BCUT2D eigenvalue weighted by Gasteiger charge is 1.98. The van der Waals surface area contributed by atoms with Gasteiger partial charge in [0.05, 0.1) is 5.69 Å². The van der Waals surface area contributed by atoms with E-state index in [9.17, 15) is 0 Å². The molecule has 0 atom stereocenters. The van der Waals surface area contributed by atoms with Crippen molar-refractivity contribution in [1.82, 2.24) is 9.27 Å². The molecule has 1 heterocycles. The second-order valence-corrected chi connectivity index (χ2v) is 3.61. The highest BCUT2D eigenvalue weighted by atomic mass is 32.1. The number of nitrogens with two attached hydrogens (primary N) is 1. The Hall–Kier alpha value is -0.610. The van der Waals surface area contributed by atoms with Crippen molar-refractivity contribution in [3.8, 4) is 0 Å². The van der Waals surface area contributed by atoms with Gasteiger partial charge in [-0.05, 0) is 31.7 Å². The summed E-state index contributed by atoms with van der Waals surface area (Å²) in [6, 6.07) is 1.94. The Bertz CT molecular complexity index is 219. The lowest BCUT2D eigenvalue weighted by Crippen LogP contribution is -2.15. The molecular weight excluding hydrogens is 158 g/mol. The zero-order valence-corrected chi connectivity index (χ0v) is 7.69. The zero-order chi connectivity index (χ0) is 8.27. The van der Waals surface area contributed by atoms with E-state index in [-0.39, 0.29) is 0 Å². The first-order valence-electron chi connectivity index (χ1n) is 3.54. The number of rotatable bonds is 3. The Morgan fingerprint density at radius 3 is 2.82 bits per heavy atom. The van der Waals surface area contributed by atoms with E-state index in [1.807, 2.05) is 6.07 Å². The van der Waals surface area contributed by atoms with Crippen molar-refractivity contribution >= 4 is 16.5 Å². The van der Waals surface area contributed by atoms with Gasteiger partial charge < -0.3 is 10.6 Å². The summed E-state index contributed by atoms with van der Waals surface area (Å²) < 4.78 is 4.18. The number of anilines is 1. The largest absolute Gasteiger partial charge is 0.389 e. The van der Waals surface area contributed by atoms with Gasteiger partial charge >= 0.3 is 0 Å². The molecule has 0 saturated carbocycles. The molecule has 0 aliphatic carbocycles. The lowest BCUT2D eigenvalue weighted by Gasteiger charge is -2.06. The molecule has 0 bridgehead atoms. The Kier molecular flexibility index (Phi) is 2.84. The molecule has 1 aromatic heterocycles. The monoisotopic (exact) mass is 171 g/mol. The maximum atomic E-state index is 5.53. The van der Waals surface area contributed by atoms with Crippen LogP contribution in [0.2, 0.25) is 0 Å². The normalized spacial score (nSPS) is 10.8. The van der Waals surface area contributed by atoms with Crippen molar-refractivity contribution in [3.05, 3.63) is 11.8 Å². The van der Waals surface area contributed by atoms with E-state index in [1.54, 1.807) is 0 Å². The van der Waals surface area contributed by atoms with Crippen LogP contribution in [0, 0.1) is 0 Å². The maximum absolute atomic E-state index is 5.53. The second kappa shape index (κ2) is 3.69. The van der Waals surface area contributed by atoms with Gasteiger partial charge in [0.15, 0.2) is 0 Å². The van der Waals surface area contributed by atoms with Crippen molar-refractivity contribution in [2.24, 2.45) is 0 Å². The summed E-state index contributed by atoms with van der Waals surface area (Å²) >= 11 is 1.37. The quantitative estimate of drug-likeness (QED) is 0.732. The summed E-state index contributed by atoms with van der Waals surface area (Å²) in [6.07, 6.45) is 0.987. The Labute approximate surface area is 71.0 Å². The van der Waals surface area contributed by atoms with Crippen molar-refractivity contribution in [1.29, 1.82) is 0 Å². The van der Waals surface area contributed by atoms with Crippen molar-refractivity contribution in [3.63, 3.8) is 0 Å². The third kappa shape index (κ3) is 2.86. The molecule has 11 heavy (non-hydrogen) atoms. The summed E-state index contributed by atoms with van der Waals surface area (Å²) in [7, 11) is 4.10. The molecule has 0 unspecified atom stereocenters. The van der Waals surface area contributed by atoms with Crippen LogP contribution in [0.25, 0.3) is 0 Å². The van der Waals surface area contributed by atoms with Gasteiger partial charge in [0.2, 0.25) is 0 Å². The van der Waals surface area contributed by atoms with Gasteiger partial charge in [-0.25, -0.2) is 0 Å². The van der Waals surface area contributed by atoms with Crippen LogP contribution in [0.3, 0.4) is 0 Å². The maximum Gasteiger partial charge on any atom is 0.107 e. The Morgan fingerprint density at radius 1 is 1.64 bits per heavy atom. The van der Waals surface area contributed by atoms with E-state index in [0.717, 1.165) is 23.7 Å². The van der Waals surface area contributed by atoms with Crippen molar-refractivity contribution in [2.75, 3.05) is 26.4 Å². The first kappa shape index (κ1) is 8.49. The summed E-state index contributed by atoms with van der Waals surface area (Å²) in [5.74, 6) is 0. The van der Waals surface area contributed by atoms with E-state index in [4.69, 9.17) is 5.73 Å². The molecule has 0 amide bonds. The van der Waals surface area contributed by atoms with Crippen LogP contribution in [0.15, 0.2) is 6.07 Å². The van der Waals surface area contributed by atoms with Crippen LogP contribution < -0.4 is 5.73 Å². The SMILES string of the molecule is CN(C)CCc1cc(N)sn1. The summed E-state index contributed by atoms with van der Waals surface area (Å²) in [4.78, 5) is 2.13. The van der Waals surface area contributed by atoms with Gasteiger partial charge in [0.25, 0.3) is 0 Å². The zero-order valence-electron chi connectivity index (χ0n) is 6.87. The lowest BCUT2D eigenvalue weighted by molar-refractivity contribution is 0.412. The first-order chi connectivity index (χ1) is 5.18. The van der Waals surface area contributed by atoms with E-state index in [2.05, 4.69) is 23.4 Å². The third-order valence-electron chi connectivity index (χ3n) is 1.39. The van der Waals surface area contributed by atoms with Crippen LogP contribution in [-0.2, 0) is 6.42 Å². The van der Waals surface area contributed by atoms with Crippen LogP contribution in [0.1, 0.15) is 5.69 Å². The van der Waals surface area contributed by atoms with Crippen LogP contribution in [0.4, 0.5) is 5.00 Å². The number of hydrogen-bond acceptors (Lipinski definition) is 4. The van der Waals surface area contributed by atoms with E-state index in [0.29, 0.717) is 0 Å². The van der Waals surface area contributed by atoms with Gasteiger partial charge in [0.1, 0.15) is 5.00 Å². The molecule has 0 aromatic carbocycles. The minimum absolute atomic E-state index is 0.804. The van der Waals surface area contributed by atoms with Crippen molar-refractivity contribution < 1.29 is 0 Å². The molecule has 0 spiro atoms. The molecule has 3 nitrogen and oxygen atoms in total. The van der Waals surface area contributed by atoms with E-state index >= 15 is 0 Å². The van der Waals surface area contributed by atoms with Gasteiger partial charge in [-0.15, -0.1) is 0 Å². The van der Waals surface area contributed by atoms with Gasteiger partial charge in [0, 0.05) is 13.0 Å². The highest BCUT2D eigenvalue weighted by molar-refractivity contribution is 7.10. The van der Waals surface area contributed by atoms with E-state index in [1.165, 1.54) is 11.5 Å². The molecule has 1 aromatic rings. The fraction of sp³-hybridized carbons (Fsp3) is 0.571. The molecule has 4 heteroatoms. The summed E-state index contributed by atoms with van der Waals surface area (Å²) in [5, 5.41) is 0.804. The third-order valence-corrected chi connectivity index (χ3v) is 2.05. The molecular formula is C7H13N3S. The Morgan fingerprint density at radius 2 is 2.36 bits per heavy atom. The number of aromatic nitrogens is 1. The molecule has 0 fully saturated rings. The fourth-order valence-electron chi connectivity index (χ4n) is 0.784. The molecule has 1 rings (SSSR count). The van der Waals surface area contributed by atoms with Crippen LogP contribution in [-0.4, -0.2) is 29.9 Å². The standard InChI is InChI=1S/C7H13N3S/c1-10(2)4-3-6-5-7(8)11-9-6/h5H,3-4,8H2,1-2H3. The molecule has 2 N–H and O–H groups in total. The van der Waals surface area contributed by atoms with Crippen LogP contribution >= 0.6 is 11.5 Å². The van der Waals surface area contributed by atoms with Gasteiger partial charge in [-0.1, -0.05) is 0 Å². The first-order valence-corrected chi connectivity index (χ1v) is 4.31. The number of nitrogen functional groups attached to an aromatic ring is 1. The predicted molar refractivity (Wildman–Crippen MR) is 48.8 cm³/mol. The molecule has 0 saturated heterocycles. The topological polar surface area (TPSA) is 42.1 Å². The number of hydrogen-bond donors (Lipinski definition) is 1. The molecule has 0 aliphatic heterocycles. The molecule has 0 aliphatic rings. The van der Waals surface area contributed by atoms with Gasteiger partial charge in [-0.3, -0.25) is 0 Å². The van der Waals surface area contributed by atoms with Gasteiger partial charge in [-0.2, -0.15) is 4.37 Å². The summed E-state index contributed by atoms with van der Waals surface area (Å²) in [5.41, 5.74) is 6.63. The summed E-state index contributed by atoms with van der Waals surface area (Å²) in [6.45, 7) is 1.03. The van der Waals surface area contributed by atoms with Crippen LogP contribution in [0.5, 0.6) is 0 Å². The fourth-order valence-corrected chi connectivity index (χ4v) is 1.34. The lowest BCUT2D eigenvalue weighted by atomic mass is 10.3. The molecule has 0 radical (unpaired) electrons. The minimum Gasteiger partial charge on any atom is -0.389 e. The van der Waals surface area contributed by atoms with E-state index < -0.39 is 0 Å². The average molecular weight is 171 g/mol. The second-order valence-electron chi connectivity index (χ2n) is 2.77. The highest BCUT2D eigenvalue weighted by Crippen LogP contribution is 2.11.